The van der Waals surface area contributed by atoms with E-state index in [1.54, 1.807) is 24.4 Å². The van der Waals surface area contributed by atoms with Crippen molar-refractivity contribution in [3.63, 3.8) is 0 Å². The smallest absolute Gasteiger partial charge is 0.324 e. The highest BCUT2D eigenvalue weighted by atomic mass is 16.4. The van der Waals surface area contributed by atoms with Gasteiger partial charge in [-0.2, -0.15) is 5.10 Å². The molecule has 0 bridgehead atoms. The molecule has 1 aromatic rings. The average molecular weight is 237 g/mol. The van der Waals surface area contributed by atoms with Crippen LogP contribution in [0.15, 0.2) is 29.5 Å². The second-order valence-corrected chi connectivity index (χ2v) is 3.11. The lowest BCUT2D eigenvalue weighted by molar-refractivity contribution is -0.141. The number of carboxylic acid groups (broad SMARTS) is 2. The molecule has 0 spiro atoms. The van der Waals surface area contributed by atoms with Gasteiger partial charge in [0.05, 0.1) is 11.9 Å². The summed E-state index contributed by atoms with van der Waals surface area (Å²) in [6.07, 6.45) is 2.87. The molecular formula is C10H11N3O4. The molecule has 0 aromatic carbocycles. The van der Waals surface area contributed by atoms with E-state index in [-0.39, 0.29) is 0 Å². The summed E-state index contributed by atoms with van der Waals surface area (Å²) in [5.74, 6) is -2.30. The highest BCUT2D eigenvalue weighted by Gasteiger charge is 2.10. The Kier molecular flexibility index (Phi) is 4.61. The molecule has 0 amide bonds. The fourth-order valence-electron chi connectivity index (χ4n) is 1.04. The minimum absolute atomic E-state index is 0.477. The summed E-state index contributed by atoms with van der Waals surface area (Å²) >= 11 is 0. The molecule has 0 fully saturated rings. The zero-order valence-electron chi connectivity index (χ0n) is 8.85. The van der Waals surface area contributed by atoms with Crippen molar-refractivity contribution in [3.05, 3.63) is 30.1 Å². The van der Waals surface area contributed by atoms with Crippen LogP contribution in [0.1, 0.15) is 5.69 Å². The zero-order valence-corrected chi connectivity index (χ0v) is 8.85. The van der Waals surface area contributed by atoms with Crippen LogP contribution >= 0.6 is 0 Å². The van der Waals surface area contributed by atoms with Gasteiger partial charge in [0.15, 0.2) is 0 Å². The minimum Gasteiger partial charge on any atom is -0.480 e. The molecule has 0 radical (unpaired) electrons. The maximum atomic E-state index is 10.5. The summed E-state index contributed by atoms with van der Waals surface area (Å²) in [4.78, 5) is 24.9. The number of aromatic nitrogens is 1. The van der Waals surface area contributed by atoms with E-state index in [0.717, 1.165) is 5.01 Å². The number of rotatable bonds is 6. The monoisotopic (exact) mass is 237 g/mol. The Bertz CT molecular complexity index is 403. The van der Waals surface area contributed by atoms with E-state index in [4.69, 9.17) is 10.2 Å². The first-order valence-electron chi connectivity index (χ1n) is 4.71. The zero-order chi connectivity index (χ0) is 12.7. The highest BCUT2D eigenvalue weighted by Crippen LogP contribution is 1.93. The van der Waals surface area contributed by atoms with Crippen LogP contribution in [0, 0.1) is 0 Å². The van der Waals surface area contributed by atoms with Crippen LogP contribution in [0.2, 0.25) is 0 Å². The van der Waals surface area contributed by atoms with Crippen LogP contribution in [0.25, 0.3) is 0 Å². The molecule has 90 valence electrons. The average Bonchev–Trinajstić information content (AvgIpc) is 2.26. The Morgan fingerprint density at radius 2 is 1.94 bits per heavy atom. The van der Waals surface area contributed by atoms with Crippen LogP contribution in [0.4, 0.5) is 0 Å². The molecule has 2 N–H and O–H groups in total. The number of carbonyl (C=O) groups is 2. The van der Waals surface area contributed by atoms with Crippen molar-refractivity contribution in [2.75, 3.05) is 13.1 Å². The van der Waals surface area contributed by atoms with E-state index in [9.17, 15) is 9.59 Å². The van der Waals surface area contributed by atoms with Crippen LogP contribution in [-0.4, -0.2) is 51.4 Å². The van der Waals surface area contributed by atoms with E-state index in [0.29, 0.717) is 5.69 Å². The summed E-state index contributed by atoms with van der Waals surface area (Å²) in [5, 5.41) is 21.8. The Hall–Kier alpha value is -2.44. The Labute approximate surface area is 97.0 Å². The van der Waals surface area contributed by atoms with Crippen molar-refractivity contribution >= 4 is 18.2 Å². The van der Waals surface area contributed by atoms with Crippen molar-refractivity contribution in [3.8, 4) is 0 Å². The molecule has 1 heterocycles. The van der Waals surface area contributed by atoms with Crippen LogP contribution in [0.5, 0.6) is 0 Å². The second-order valence-electron chi connectivity index (χ2n) is 3.11. The number of aliphatic carboxylic acids is 2. The summed E-state index contributed by atoms with van der Waals surface area (Å²) in [7, 11) is 0. The third-order valence-electron chi connectivity index (χ3n) is 1.68. The first-order valence-corrected chi connectivity index (χ1v) is 4.71. The van der Waals surface area contributed by atoms with Crippen molar-refractivity contribution in [2.24, 2.45) is 5.10 Å². The molecule has 0 aliphatic heterocycles. The number of pyridine rings is 1. The van der Waals surface area contributed by atoms with E-state index >= 15 is 0 Å². The molecule has 7 heteroatoms. The topological polar surface area (TPSA) is 103 Å². The van der Waals surface area contributed by atoms with Crippen molar-refractivity contribution in [1.82, 2.24) is 9.99 Å². The summed E-state index contributed by atoms with van der Waals surface area (Å²) in [5.41, 5.74) is 0.522. The predicted molar refractivity (Wildman–Crippen MR) is 58.7 cm³/mol. The molecule has 17 heavy (non-hydrogen) atoms. The molecule has 0 aliphatic carbocycles. The van der Waals surface area contributed by atoms with Gasteiger partial charge in [-0.3, -0.25) is 19.6 Å². The first kappa shape index (κ1) is 12.6. The lowest BCUT2D eigenvalue weighted by Gasteiger charge is -2.13. The molecule has 0 saturated carbocycles. The Morgan fingerprint density at radius 1 is 1.29 bits per heavy atom. The SMILES string of the molecule is O=C(O)CN(CC(=O)O)/N=C/c1ccccn1. The minimum atomic E-state index is -1.15. The maximum absolute atomic E-state index is 10.5. The number of nitrogens with zero attached hydrogens (tertiary/aromatic N) is 3. The van der Waals surface area contributed by atoms with Gasteiger partial charge in [0.1, 0.15) is 13.1 Å². The van der Waals surface area contributed by atoms with Crippen molar-refractivity contribution in [1.29, 1.82) is 0 Å². The van der Waals surface area contributed by atoms with Gasteiger partial charge in [0.2, 0.25) is 0 Å². The third-order valence-corrected chi connectivity index (χ3v) is 1.68. The fraction of sp³-hybridized carbons (Fsp3) is 0.200. The summed E-state index contributed by atoms with van der Waals surface area (Å²) in [6.45, 7) is -0.953. The van der Waals surface area contributed by atoms with Gasteiger partial charge >= 0.3 is 11.9 Å². The molecule has 0 saturated heterocycles. The molecule has 7 nitrogen and oxygen atoms in total. The summed E-state index contributed by atoms with van der Waals surface area (Å²) in [6, 6.07) is 5.14. The number of hydrogen-bond donors (Lipinski definition) is 2. The number of hydrazone groups is 1. The molecule has 1 rings (SSSR count). The standard InChI is InChI=1S/C10H11N3O4/c14-9(15)6-13(7-10(16)17)12-5-8-3-1-2-4-11-8/h1-5H,6-7H2,(H,14,15)(H,16,17)/b12-5+. The van der Waals surface area contributed by atoms with E-state index in [1.165, 1.54) is 6.21 Å². The van der Waals surface area contributed by atoms with Crippen molar-refractivity contribution in [2.45, 2.75) is 0 Å². The van der Waals surface area contributed by atoms with Crippen LogP contribution in [0.3, 0.4) is 0 Å². The van der Waals surface area contributed by atoms with Gasteiger partial charge in [0, 0.05) is 6.20 Å². The molecule has 0 atom stereocenters. The van der Waals surface area contributed by atoms with Crippen LogP contribution < -0.4 is 0 Å². The lowest BCUT2D eigenvalue weighted by Crippen LogP contribution is -2.30. The van der Waals surface area contributed by atoms with E-state index in [2.05, 4.69) is 10.1 Å². The maximum Gasteiger partial charge on any atom is 0.324 e. The van der Waals surface area contributed by atoms with Gasteiger partial charge in [-0.15, -0.1) is 0 Å². The fourth-order valence-corrected chi connectivity index (χ4v) is 1.04. The number of carboxylic acids is 2. The van der Waals surface area contributed by atoms with E-state index in [1.807, 2.05) is 0 Å². The second kappa shape index (κ2) is 6.21. The van der Waals surface area contributed by atoms with Gasteiger partial charge in [-0.25, -0.2) is 0 Å². The molecule has 0 aliphatic rings. The van der Waals surface area contributed by atoms with Gasteiger partial charge in [0.25, 0.3) is 0 Å². The molecule has 1 aromatic heterocycles. The summed E-state index contributed by atoms with van der Waals surface area (Å²) < 4.78 is 0. The Balaban J connectivity index is 2.68. The van der Waals surface area contributed by atoms with Crippen molar-refractivity contribution < 1.29 is 19.8 Å². The van der Waals surface area contributed by atoms with Gasteiger partial charge in [-0.1, -0.05) is 6.07 Å². The first-order chi connectivity index (χ1) is 8.08. The quantitative estimate of drug-likeness (QED) is 0.528. The third kappa shape index (κ3) is 5.26. The lowest BCUT2D eigenvalue weighted by atomic mass is 10.4. The molecule has 0 unspecified atom stereocenters. The largest absolute Gasteiger partial charge is 0.480 e. The predicted octanol–water partition coefficient (Wildman–Crippen LogP) is -0.113. The Morgan fingerprint density at radius 3 is 2.41 bits per heavy atom. The number of hydrogen-bond acceptors (Lipinski definition) is 5. The van der Waals surface area contributed by atoms with Gasteiger partial charge < -0.3 is 10.2 Å². The van der Waals surface area contributed by atoms with Gasteiger partial charge in [-0.05, 0) is 12.1 Å². The van der Waals surface area contributed by atoms with E-state index < -0.39 is 25.0 Å². The van der Waals surface area contributed by atoms with Crippen LogP contribution in [-0.2, 0) is 9.59 Å². The highest BCUT2D eigenvalue weighted by molar-refractivity contribution is 5.77. The normalized spacial score (nSPS) is 10.4. The molecular weight excluding hydrogens is 226 g/mol.